The summed E-state index contributed by atoms with van der Waals surface area (Å²) < 4.78 is 123. The molecule has 0 unspecified atom stereocenters. The average Bonchev–Trinajstić information content (AvgIpc) is 1.77. The predicted molar refractivity (Wildman–Crippen MR) is 392 cm³/mol. The lowest BCUT2D eigenvalue weighted by molar-refractivity contribution is -0.120. The van der Waals surface area contributed by atoms with E-state index in [0.29, 0.717) is 123 Å². The first-order valence-corrected chi connectivity index (χ1v) is 38.7. The number of azo groups is 2. The Bertz CT molecular complexity index is 4490. The summed E-state index contributed by atoms with van der Waals surface area (Å²) in [5.41, 5.74) is 1.84. The van der Waals surface area contributed by atoms with E-state index >= 15 is 0 Å². The van der Waals surface area contributed by atoms with Crippen LogP contribution in [0, 0.1) is 0 Å². The number of ketones is 2. The summed E-state index contributed by atoms with van der Waals surface area (Å²) in [5, 5.41) is 30.5. The highest BCUT2D eigenvalue weighted by atomic mass is 32.2. The van der Waals surface area contributed by atoms with Crippen LogP contribution in [-0.2, 0) is 59.0 Å². The molecule has 0 atom stereocenters. The van der Waals surface area contributed by atoms with E-state index in [9.17, 15) is 58.1 Å². The van der Waals surface area contributed by atoms with Gasteiger partial charge in [0, 0.05) is 81.6 Å². The molecule has 0 radical (unpaired) electrons. The summed E-state index contributed by atoms with van der Waals surface area (Å²) in [5.74, 6) is -2.38. The van der Waals surface area contributed by atoms with Crippen molar-refractivity contribution >= 4 is 180 Å². The van der Waals surface area contributed by atoms with Crippen molar-refractivity contribution in [1.82, 2.24) is 24.9 Å². The molecule has 103 heavy (non-hydrogen) atoms. The summed E-state index contributed by atoms with van der Waals surface area (Å²) >= 11 is 2.93. The number of hydrogen-bond donors (Lipinski definition) is 7. The van der Waals surface area contributed by atoms with Crippen LogP contribution in [0.4, 0.5) is 79.3 Å². The highest BCUT2D eigenvalue weighted by Gasteiger charge is 2.27. The van der Waals surface area contributed by atoms with Gasteiger partial charge in [0.2, 0.25) is 22.2 Å². The minimum Gasteiger partial charge on any atom is -0.494 e. The molecule has 2 amide bonds. The number of amides is 2. The topological polar surface area (TPSA) is 443 Å². The Balaban J connectivity index is 1.12. The van der Waals surface area contributed by atoms with Crippen molar-refractivity contribution in [3.05, 3.63) is 93.7 Å². The minimum atomic E-state index is -4.53. The lowest BCUT2D eigenvalue weighted by atomic mass is 10.1. The van der Waals surface area contributed by atoms with Gasteiger partial charge in [-0.25, -0.2) is 0 Å². The number of methoxy groups -OCH3 is 2. The van der Waals surface area contributed by atoms with Crippen molar-refractivity contribution in [2.45, 2.75) is 56.5 Å². The third-order valence-corrected chi connectivity index (χ3v) is 20.8. The molecule has 548 valence electrons. The number of nitrogens with zero attached hydrogens (tertiary/aromatic N) is 13. The lowest BCUT2D eigenvalue weighted by Crippen LogP contribution is -2.36. The fraction of sp³-hybridized carbons (Fsp3) is 0.349. The van der Waals surface area contributed by atoms with Gasteiger partial charge in [0.15, 0.2) is 16.7 Å². The van der Waals surface area contributed by atoms with Crippen molar-refractivity contribution in [1.29, 1.82) is 0 Å². The number of carbonyl (C=O) groups is 4. The number of benzene rings is 4. The summed E-state index contributed by atoms with van der Waals surface area (Å²) in [4.78, 5) is 85.7. The van der Waals surface area contributed by atoms with E-state index in [1.807, 2.05) is 47.3 Å². The van der Waals surface area contributed by atoms with Crippen LogP contribution in [0.1, 0.15) is 51.3 Å². The van der Waals surface area contributed by atoms with Crippen LogP contribution < -0.4 is 50.3 Å². The van der Waals surface area contributed by atoms with Crippen molar-refractivity contribution in [2.75, 3.05) is 145 Å². The predicted octanol–water partition coefficient (Wildman–Crippen LogP) is 10.2. The van der Waals surface area contributed by atoms with Gasteiger partial charge in [-0.3, -0.25) is 32.8 Å². The SMILES string of the molecule is CCN(CC)c1cc(Nc2nc(Nc3cc(N(CC)CC)c(OC)cc3N=Nc3nc(N4CCOCC4)c(/C=C(\C(C)=O)C(=O)Nc4ccc(S(=O)(=O)O)cc4)s3)nc(SCCS(=O)(=O)O)n2)c(N=Nc2nc(N3CCOCC3)c(/C=C(/C(C)=O)C(=O)Nc3ccc(S(=O)(=O)O)cc3)s2)cc1OC. The number of aromatic nitrogens is 5. The fourth-order valence-electron chi connectivity index (χ4n) is 10.3. The molecular weight excluding hydrogens is 1460 g/mol. The van der Waals surface area contributed by atoms with Gasteiger partial charge in [-0.2, -0.15) is 50.2 Å². The zero-order valence-electron chi connectivity index (χ0n) is 56.8. The van der Waals surface area contributed by atoms with E-state index in [-0.39, 0.29) is 78.3 Å². The number of ether oxygens (including phenoxy) is 4. The van der Waals surface area contributed by atoms with E-state index in [1.54, 1.807) is 24.3 Å². The first-order chi connectivity index (χ1) is 49.1. The molecule has 7 N–H and O–H groups in total. The lowest BCUT2D eigenvalue weighted by Gasteiger charge is -2.27. The van der Waals surface area contributed by atoms with Gasteiger partial charge in [0.05, 0.1) is 99.8 Å². The second kappa shape index (κ2) is 34.7. The summed E-state index contributed by atoms with van der Waals surface area (Å²) in [6.07, 6.45) is 2.76. The van der Waals surface area contributed by atoms with Gasteiger partial charge in [0.25, 0.3) is 42.2 Å². The number of morpholine rings is 2. The molecule has 5 heterocycles. The van der Waals surface area contributed by atoms with Gasteiger partial charge in [-0.1, -0.05) is 34.4 Å². The molecule has 0 spiro atoms. The van der Waals surface area contributed by atoms with Crippen LogP contribution >= 0.6 is 34.4 Å². The Morgan fingerprint density at radius 1 is 0.573 bits per heavy atom. The first-order valence-electron chi connectivity index (χ1n) is 31.6. The fourth-order valence-corrected chi connectivity index (χ4v) is 14.6. The molecule has 0 saturated carbocycles. The zero-order valence-corrected chi connectivity index (χ0v) is 61.7. The van der Waals surface area contributed by atoms with E-state index in [4.69, 9.17) is 54.1 Å². The maximum Gasteiger partial charge on any atom is 0.294 e. The second-order valence-electron chi connectivity index (χ2n) is 22.2. The molecule has 40 heteroatoms. The average molecular weight is 1530 g/mol. The largest absolute Gasteiger partial charge is 0.494 e. The normalized spacial score (nSPS) is 14.0. The van der Waals surface area contributed by atoms with Crippen molar-refractivity contribution in [2.24, 2.45) is 20.5 Å². The molecule has 2 fully saturated rings. The van der Waals surface area contributed by atoms with Gasteiger partial charge in [0.1, 0.15) is 34.5 Å². The molecule has 2 saturated heterocycles. The summed E-state index contributed by atoms with van der Waals surface area (Å²) in [6, 6.07) is 16.2. The summed E-state index contributed by atoms with van der Waals surface area (Å²) in [6.45, 7) is 15.4. The molecular formula is C63H73N17O17S6. The number of thiazole rings is 2. The zero-order chi connectivity index (χ0) is 74.3. The highest BCUT2D eigenvalue weighted by Crippen LogP contribution is 2.45. The Labute approximate surface area is 605 Å². The van der Waals surface area contributed by atoms with Gasteiger partial charge in [-0.05, 0) is 114 Å². The third kappa shape index (κ3) is 20.7. The molecule has 2 aliphatic heterocycles. The van der Waals surface area contributed by atoms with Crippen LogP contribution in [0.5, 0.6) is 11.5 Å². The number of rotatable bonds is 32. The third-order valence-electron chi connectivity index (χ3n) is 15.5. The molecule has 0 aliphatic carbocycles. The van der Waals surface area contributed by atoms with Gasteiger partial charge in [-0.15, -0.1) is 20.5 Å². The Morgan fingerprint density at radius 2 is 0.951 bits per heavy atom. The van der Waals surface area contributed by atoms with E-state index in [2.05, 4.69) is 31.5 Å². The Hall–Kier alpha value is -9.49. The molecule has 3 aromatic heterocycles. The molecule has 4 aromatic carbocycles. The maximum absolute atomic E-state index is 13.8. The molecule has 2 aliphatic rings. The maximum atomic E-state index is 13.8. The minimum absolute atomic E-state index is 0.00896. The summed E-state index contributed by atoms with van der Waals surface area (Å²) in [7, 11) is -10.5. The van der Waals surface area contributed by atoms with Crippen molar-refractivity contribution in [3.63, 3.8) is 0 Å². The Morgan fingerprint density at radius 3 is 1.28 bits per heavy atom. The molecule has 7 aromatic rings. The van der Waals surface area contributed by atoms with E-state index in [1.165, 1.54) is 64.5 Å². The van der Waals surface area contributed by atoms with Crippen molar-refractivity contribution in [3.8, 4) is 11.5 Å². The number of Topliss-reactive ketones (excluding diaryl/α,β-unsaturated/α-hetero) is 2. The number of anilines is 10. The van der Waals surface area contributed by atoms with Crippen LogP contribution in [-0.4, -0.2) is 192 Å². The van der Waals surface area contributed by atoms with Crippen LogP contribution in [0.2, 0.25) is 0 Å². The van der Waals surface area contributed by atoms with E-state index in [0.717, 1.165) is 58.7 Å². The molecule has 9 rings (SSSR count). The van der Waals surface area contributed by atoms with Crippen LogP contribution in [0.3, 0.4) is 0 Å². The number of carbonyl (C=O) groups excluding carboxylic acids is 4. The van der Waals surface area contributed by atoms with Crippen LogP contribution in [0.25, 0.3) is 12.2 Å². The highest BCUT2D eigenvalue weighted by molar-refractivity contribution is 8.00. The first kappa shape index (κ1) is 77.7. The van der Waals surface area contributed by atoms with Gasteiger partial charge < -0.3 is 59.8 Å². The number of hydrogen-bond acceptors (Lipinski definition) is 32. The van der Waals surface area contributed by atoms with Crippen LogP contribution in [0.15, 0.2) is 119 Å². The second-order valence-corrected chi connectivity index (χ2v) is 29.7. The number of thioether (sulfide) groups is 1. The standard InChI is InChI=1S/C63H73N17O17S6/c1-9-77(10-2)49-33-45(47(35-51(49)94-7)73-75-62-68-55(79-21-25-96-26-22-79)53(99-62)31-43(37(5)81)57(83)64-39-13-17-41(18-14-39)102(88,89)90)66-59-70-60(72-61(71-59)98-29-30-101(85,86)87)67-46-34-50(78(11-3)12-4)52(95-8)36-48(46)74-76-63-69-56(80-23-27-97-28-24-80)54(100-63)32-44(38(6)82)58(84)65-40-15-19-42(20-16-40)103(91,92)93/h13-20,31-36H,9-12,21-30H2,1-8H3,(H,64,83)(H,65,84)(H,85,86,87)(H,88,89,90)(H,91,92,93)(H2,66,67,70,71,72)/b43-31-,44-32+,75-73?,76-74?. The number of nitrogens with one attached hydrogen (secondary N) is 4. The van der Waals surface area contributed by atoms with E-state index < -0.39 is 69.3 Å². The molecule has 0 bridgehead atoms. The van der Waals surface area contributed by atoms with Crippen molar-refractivity contribution < 1.29 is 77.0 Å². The van der Waals surface area contributed by atoms with Gasteiger partial charge >= 0.3 is 0 Å². The monoisotopic (exact) mass is 1530 g/mol. The Kier molecular flexibility index (Phi) is 26.1. The quantitative estimate of drug-likeness (QED) is 0.00514. The molecule has 34 nitrogen and oxygen atoms in total. The smallest absolute Gasteiger partial charge is 0.294 e.